The SMILES string of the molecule is CCn1nc(C)c2c(C(=O)N3CCN(c4ccccc4OC)CC3)cc(C)nc21. The summed E-state index contributed by atoms with van der Waals surface area (Å²) in [6.07, 6.45) is 0. The van der Waals surface area contributed by atoms with Gasteiger partial charge >= 0.3 is 0 Å². The van der Waals surface area contributed by atoms with Gasteiger partial charge in [0.15, 0.2) is 5.65 Å². The summed E-state index contributed by atoms with van der Waals surface area (Å²) in [5.74, 6) is 0.917. The summed E-state index contributed by atoms with van der Waals surface area (Å²) in [5, 5.41) is 5.44. The molecule has 0 atom stereocenters. The Morgan fingerprint density at radius 1 is 1.14 bits per heavy atom. The molecule has 1 fully saturated rings. The maximum Gasteiger partial charge on any atom is 0.254 e. The molecule has 152 valence electrons. The molecule has 0 bridgehead atoms. The number of aromatic nitrogens is 3. The van der Waals surface area contributed by atoms with E-state index in [1.807, 2.05) is 54.6 Å². The van der Waals surface area contributed by atoms with Crippen molar-refractivity contribution in [2.75, 3.05) is 38.2 Å². The molecule has 4 rings (SSSR count). The highest BCUT2D eigenvalue weighted by Gasteiger charge is 2.26. The molecule has 29 heavy (non-hydrogen) atoms. The lowest BCUT2D eigenvalue weighted by atomic mass is 10.1. The summed E-state index contributed by atoms with van der Waals surface area (Å²) in [5.41, 5.74) is 4.26. The highest BCUT2D eigenvalue weighted by atomic mass is 16.5. The van der Waals surface area contributed by atoms with Crippen molar-refractivity contribution in [1.82, 2.24) is 19.7 Å². The van der Waals surface area contributed by atoms with Gasteiger partial charge in [0.1, 0.15) is 5.75 Å². The first-order valence-corrected chi connectivity index (χ1v) is 10.1. The number of pyridine rings is 1. The van der Waals surface area contributed by atoms with Gasteiger partial charge in [-0.2, -0.15) is 5.10 Å². The number of fused-ring (bicyclic) bond motifs is 1. The van der Waals surface area contributed by atoms with E-state index in [1.165, 1.54) is 0 Å². The fourth-order valence-corrected chi connectivity index (χ4v) is 4.08. The number of amides is 1. The lowest BCUT2D eigenvalue weighted by Crippen LogP contribution is -2.49. The van der Waals surface area contributed by atoms with E-state index in [0.29, 0.717) is 18.7 Å². The van der Waals surface area contributed by atoms with Crippen LogP contribution in [0, 0.1) is 13.8 Å². The Bertz CT molecular complexity index is 1050. The Hall–Kier alpha value is -3.09. The van der Waals surface area contributed by atoms with Crippen LogP contribution < -0.4 is 9.64 Å². The minimum Gasteiger partial charge on any atom is -0.495 e. The van der Waals surface area contributed by atoms with Gasteiger partial charge in [-0.3, -0.25) is 4.79 Å². The Labute approximate surface area is 170 Å². The van der Waals surface area contributed by atoms with Crippen LogP contribution >= 0.6 is 0 Å². The van der Waals surface area contributed by atoms with Gasteiger partial charge in [0.25, 0.3) is 5.91 Å². The summed E-state index contributed by atoms with van der Waals surface area (Å²) in [7, 11) is 1.69. The molecule has 1 amide bonds. The topological polar surface area (TPSA) is 63.5 Å². The number of piperazine rings is 1. The minimum absolute atomic E-state index is 0.0546. The predicted molar refractivity (Wildman–Crippen MR) is 114 cm³/mol. The van der Waals surface area contributed by atoms with Crippen molar-refractivity contribution in [1.29, 1.82) is 0 Å². The van der Waals surface area contributed by atoms with E-state index >= 15 is 0 Å². The molecule has 1 aromatic carbocycles. The molecule has 0 radical (unpaired) electrons. The van der Waals surface area contributed by atoms with Crippen molar-refractivity contribution in [2.24, 2.45) is 0 Å². The van der Waals surface area contributed by atoms with E-state index in [9.17, 15) is 4.79 Å². The van der Waals surface area contributed by atoms with Gasteiger partial charge in [-0.25, -0.2) is 9.67 Å². The number of carbonyl (C=O) groups excluding carboxylic acids is 1. The first-order valence-electron chi connectivity index (χ1n) is 10.1. The van der Waals surface area contributed by atoms with E-state index in [2.05, 4.69) is 21.0 Å². The highest BCUT2D eigenvalue weighted by Crippen LogP contribution is 2.29. The first kappa shape index (κ1) is 19.2. The number of carbonyl (C=O) groups is 1. The van der Waals surface area contributed by atoms with E-state index in [1.54, 1.807) is 7.11 Å². The number of hydrogen-bond acceptors (Lipinski definition) is 5. The Morgan fingerprint density at radius 3 is 2.55 bits per heavy atom. The maximum absolute atomic E-state index is 13.4. The molecule has 1 aliphatic heterocycles. The van der Waals surface area contributed by atoms with E-state index in [-0.39, 0.29) is 5.91 Å². The zero-order valence-electron chi connectivity index (χ0n) is 17.5. The average molecular weight is 393 g/mol. The molecule has 3 heterocycles. The second kappa shape index (κ2) is 7.73. The molecule has 0 aliphatic carbocycles. The summed E-state index contributed by atoms with van der Waals surface area (Å²) in [6, 6.07) is 9.91. The second-order valence-corrected chi connectivity index (χ2v) is 7.36. The summed E-state index contributed by atoms with van der Waals surface area (Å²) < 4.78 is 7.36. The van der Waals surface area contributed by atoms with Crippen molar-refractivity contribution in [2.45, 2.75) is 27.3 Å². The standard InChI is InChI=1S/C22H27N5O2/c1-5-27-21-20(16(3)24-27)17(14-15(2)23-21)22(28)26-12-10-25(11-13-26)18-8-6-7-9-19(18)29-4/h6-9,14H,5,10-13H2,1-4H3. The van der Waals surface area contributed by atoms with Crippen LogP contribution in [0.2, 0.25) is 0 Å². The number of ether oxygens (including phenoxy) is 1. The van der Waals surface area contributed by atoms with Crippen LogP contribution in [0.4, 0.5) is 5.69 Å². The fourth-order valence-electron chi connectivity index (χ4n) is 4.08. The third-order valence-corrected chi connectivity index (χ3v) is 5.53. The molecule has 7 nitrogen and oxygen atoms in total. The van der Waals surface area contributed by atoms with Crippen LogP contribution in [-0.2, 0) is 6.54 Å². The molecule has 2 aromatic heterocycles. The molecular weight excluding hydrogens is 366 g/mol. The van der Waals surface area contributed by atoms with Crippen molar-refractivity contribution in [3.63, 3.8) is 0 Å². The molecule has 0 spiro atoms. The number of rotatable bonds is 4. The van der Waals surface area contributed by atoms with E-state index in [0.717, 1.165) is 53.5 Å². The average Bonchev–Trinajstić information content (AvgIpc) is 3.08. The van der Waals surface area contributed by atoms with Gasteiger partial charge in [0, 0.05) is 38.4 Å². The second-order valence-electron chi connectivity index (χ2n) is 7.36. The molecule has 0 N–H and O–H groups in total. The number of methoxy groups -OCH3 is 1. The minimum atomic E-state index is 0.0546. The number of hydrogen-bond donors (Lipinski definition) is 0. The monoisotopic (exact) mass is 393 g/mol. The maximum atomic E-state index is 13.4. The summed E-state index contributed by atoms with van der Waals surface area (Å²) >= 11 is 0. The number of nitrogens with zero attached hydrogens (tertiary/aromatic N) is 5. The molecule has 1 saturated heterocycles. The lowest BCUT2D eigenvalue weighted by molar-refractivity contribution is 0.0748. The molecule has 0 saturated carbocycles. The quantitative estimate of drug-likeness (QED) is 0.682. The molecule has 0 unspecified atom stereocenters. The summed E-state index contributed by atoms with van der Waals surface area (Å²) in [4.78, 5) is 22.2. The number of anilines is 1. The van der Waals surface area contributed by atoms with Crippen LogP contribution in [0.5, 0.6) is 5.75 Å². The Kier molecular flexibility index (Phi) is 5.13. The zero-order chi connectivity index (χ0) is 20.5. The van der Waals surface area contributed by atoms with Crippen LogP contribution in [0.15, 0.2) is 30.3 Å². The van der Waals surface area contributed by atoms with Crippen molar-refractivity contribution in [3.8, 4) is 5.75 Å². The normalized spacial score (nSPS) is 14.5. The first-order chi connectivity index (χ1) is 14.0. The van der Waals surface area contributed by atoms with Gasteiger partial charge in [-0.05, 0) is 39.0 Å². The molecular formula is C22H27N5O2. The van der Waals surface area contributed by atoms with Crippen molar-refractivity contribution < 1.29 is 9.53 Å². The van der Waals surface area contributed by atoms with Crippen molar-refractivity contribution >= 4 is 22.6 Å². The Morgan fingerprint density at radius 2 is 1.86 bits per heavy atom. The highest BCUT2D eigenvalue weighted by molar-refractivity contribution is 6.06. The molecule has 7 heteroatoms. The van der Waals surface area contributed by atoms with E-state index in [4.69, 9.17) is 4.74 Å². The van der Waals surface area contributed by atoms with Crippen LogP contribution in [-0.4, -0.2) is 58.9 Å². The smallest absolute Gasteiger partial charge is 0.254 e. The number of aryl methyl sites for hydroxylation is 3. The van der Waals surface area contributed by atoms with Gasteiger partial charge < -0.3 is 14.5 Å². The van der Waals surface area contributed by atoms with Crippen LogP contribution in [0.1, 0.15) is 28.7 Å². The van der Waals surface area contributed by atoms with Crippen LogP contribution in [0.3, 0.4) is 0 Å². The van der Waals surface area contributed by atoms with Gasteiger partial charge in [-0.15, -0.1) is 0 Å². The van der Waals surface area contributed by atoms with Crippen LogP contribution in [0.25, 0.3) is 11.0 Å². The van der Waals surface area contributed by atoms with Gasteiger partial charge in [0.2, 0.25) is 0 Å². The Balaban J connectivity index is 1.58. The third-order valence-electron chi connectivity index (χ3n) is 5.53. The van der Waals surface area contributed by atoms with Gasteiger partial charge in [0.05, 0.1) is 29.4 Å². The third kappa shape index (κ3) is 3.41. The number of para-hydroxylation sites is 2. The largest absolute Gasteiger partial charge is 0.495 e. The van der Waals surface area contributed by atoms with E-state index < -0.39 is 0 Å². The zero-order valence-corrected chi connectivity index (χ0v) is 17.5. The molecule has 1 aliphatic rings. The predicted octanol–water partition coefficient (Wildman–Crippen LogP) is 3.04. The lowest BCUT2D eigenvalue weighted by Gasteiger charge is -2.36. The number of benzene rings is 1. The van der Waals surface area contributed by atoms with Crippen molar-refractivity contribution in [3.05, 3.63) is 47.3 Å². The fraction of sp³-hybridized carbons (Fsp3) is 0.409. The summed E-state index contributed by atoms with van der Waals surface area (Å²) in [6.45, 7) is 9.51. The van der Waals surface area contributed by atoms with Gasteiger partial charge in [-0.1, -0.05) is 12.1 Å². The molecule has 3 aromatic rings.